The Morgan fingerprint density at radius 1 is 1.14 bits per heavy atom. The van der Waals surface area contributed by atoms with Crippen molar-refractivity contribution in [1.82, 2.24) is 9.97 Å². The topological polar surface area (TPSA) is 63.8 Å². The molecule has 7 heteroatoms. The number of rotatable bonds is 3. The molecule has 3 N–H and O–H groups in total. The second-order valence-electron chi connectivity index (χ2n) is 4.87. The van der Waals surface area contributed by atoms with Crippen molar-refractivity contribution >= 4 is 17.3 Å². The summed E-state index contributed by atoms with van der Waals surface area (Å²) in [5, 5.41) is 2.88. The molecule has 0 aliphatic heterocycles. The molecule has 0 radical (unpaired) electrons. The minimum Gasteiger partial charge on any atom is -0.384 e. The standard InChI is InChI=1S/C14H15F3N4/c1-8(2)9-5-3-4-6-10(9)19-12-7-11(18)20-13(21-12)14(15,16)17/h3-8H,1-2H3,(H3,18,19,20,21). The first-order valence-electron chi connectivity index (χ1n) is 6.35. The molecule has 1 heterocycles. The lowest BCUT2D eigenvalue weighted by Crippen LogP contribution is -2.14. The molecule has 0 aliphatic carbocycles. The van der Waals surface area contributed by atoms with Gasteiger partial charge in [0.25, 0.3) is 0 Å². The van der Waals surface area contributed by atoms with Crippen LogP contribution in [0.25, 0.3) is 0 Å². The summed E-state index contributed by atoms with van der Waals surface area (Å²) in [7, 11) is 0. The first-order chi connectivity index (χ1) is 9.77. The van der Waals surface area contributed by atoms with Gasteiger partial charge in [-0.15, -0.1) is 0 Å². The Balaban J connectivity index is 2.39. The fourth-order valence-electron chi connectivity index (χ4n) is 1.91. The fraction of sp³-hybridized carbons (Fsp3) is 0.286. The molecule has 0 saturated heterocycles. The third-order valence-corrected chi connectivity index (χ3v) is 2.85. The number of para-hydroxylation sites is 1. The van der Waals surface area contributed by atoms with Gasteiger partial charge in [0, 0.05) is 11.8 Å². The van der Waals surface area contributed by atoms with Crippen molar-refractivity contribution in [1.29, 1.82) is 0 Å². The molecule has 21 heavy (non-hydrogen) atoms. The molecular weight excluding hydrogens is 281 g/mol. The second kappa shape index (κ2) is 5.59. The molecule has 0 aliphatic rings. The minimum atomic E-state index is -4.64. The predicted molar refractivity (Wildman–Crippen MR) is 75.3 cm³/mol. The van der Waals surface area contributed by atoms with Crippen LogP contribution in [0.2, 0.25) is 0 Å². The van der Waals surface area contributed by atoms with Crippen molar-refractivity contribution in [2.45, 2.75) is 25.9 Å². The van der Waals surface area contributed by atoms with E-state index in [-0.39, 0.29) is 17.6 Å². The van der Waals surface area contributed by atoms with Gasteiger partial charge in [-0.1, -0.05) is 32.0 Å². The highest BCUT2D eigenvalue weighted by Crippen LogP contribution is 2.30. The highest BCUT2D eigenvalue weighted by molar-refractivity contribution is 5.62. The number of halogens is 3. The molecule has 2 rings (SSSR count). The third kappa shape index (κ3) is 3.62. The van der Waals surface area contributed by atoms with E-state index in [0.29, 0.717) is 5.69 Å². The summed E-state index contributed by atoms with van der Waals surface area (Å²) in [5.74, 6) is -1.26. The van der Waals surface area contributed by atoms with E-state index in [1.165, 1.54) is 6.07 Å². The number of nitrogen functional groups attached to an aromatic ring is 1. The van der Waals surface area contributed by atoms with Crippen LogP contribution in [0.4, 0.5) is 30.5 Å². The maximum atomic E-state index is 12.7. The van der Waals surface area contributed by atoms with Crippen molar-refractivity contribution in [3.63, 3.8) is 0 Å². The van der Waals surface area contributed by atoms with Gasteiger partial charge < -0.3 is 11.1 Å². The normalized spacial score (nSPS) is 11.7. The molecule has 0 fully saturated rings. The SMILES string of the molecule is CC(C)c1ccccc1Nc1cc(N)nc(C(F)(F)F)n1. The average Bonchev–Trinajstić information content (AvgIpc) is 2.37. The lowest BCUT2D eigenvalue weighted by atomic mass is 10.0. The van der Waals surface area contributed by atoms with Gasteiger partial charge in [0.1, 0.15) is 11.6 Å². The number of alkyl halides is 3. The summed E-state index contributed by atoms with van der Waals surface area (Å²) in [6.45, 7) is 3.99. The lowest BCUT2D eigenvalue weighted by molar-refractivity contribution is -0.144. The Bertz CT molecular complexity index is 638. The summed E-state index contributed by atoms with van der Waals surface area (Å²) in [5.41, 5.74) is 7.08. The summed E-state index contributed by atoms with van der Waals surface area (Å²) in [6, 6.07) is 8.62. The molecule has 1 aromatic heterocycles. The zero-order valence-electron chi connectivity index (χ0n) is 11.6. The Hall–Kier alpha value is -2.31. The van der Waals surface area contributed by atoms with E-state index in [4.69, 9.17) is 5.73 Å². The Morgan fingerprint density at radius 2 is 1.81 bits per heavy atom. The predicted octanol–water partition coefficient (Wildman–Crippen LogP) is 3.94. The van der Waals surface area contributed by atoms with Crippen molar-refractivity contribution in [2.75, 3.05) is 11.1 Å². The number of benzene rings is 1. The Morgan fingerprint density at radius 3 is 2.43 bits per heavy atom. The quantitative estimate of drug-likeness (QED) is 0.900. The van der Waals surface area contributed by atoms with Crippen LogP contribution in [0.1, 0.15) is 31.2 Å². The number of hydrogen-bond acceptors (Lipinski definition) is 4. The molecule has 0 atom stereocenters. The summed E-state index contributed by atoms with van der Waals surface area (Å²) in [4.78, 5) is 6.68. The van der Waals surface area contributed by atoms with Crippen molar-refractivity contribution in [2.24, 2.45) is 0 Å². The molecule has 0 bridgehead atoms. The van der Waals surface area contributed by atoms with Gasteiger partial charge in [-0.05, 0) is 17.5 Å². The molecule has 1 aromatic carbocycles. The molecule has 0 saturated carbocycles. The van der Waals surface area contributed by atoms with E-state index in [2.05, 4.69) is 15.3 Å². The minimum absolute atomic E-state index is 0.0166. The van der Waals surface area contributed by atoms with Gasteiger partial charge in [0.2, 0.25) is 5.82 Å². The first-order valence-corrected chi connectivity index (χ1v) is 6.35. The van der Waals surface area contributed by atoms with Crippen molar-refractivity contribution < 1.29 is 13.2 Å². The fourth-order valence-corrected chi connectivity index (χ4v) is 1.91. The monoisotopic (exact) mass is 296 g/mol. The van der Waals surface area contributed by atoms with E-state index in [9.17, 15) is 13.2 Å². The lowest BCUT2D eigenvalue weighted by Gasteiger charge is -2.15. The number of anilines is 3. The van der Waals surface area contributed by atoms with Crippen LogP contribution in [-0.2, 0) is 6.18 Å². The highest BCUT2D eigenvalue weighted by atomic mass is 19.4. The van der Waals surface area contributed by atoms with Gasteiger partial charge >= 0.3 is 6.18 Å². The van der Waals surface area contributed by atoms with Crippen molar-refractivity contribution in [3.05, 3.63) is 41.7 Å². The van der Waals surface area contributed by atoms with Crippen LogP contribution in [0, 0.1) is 0 Å². The largest absolute Gasteiger partial charge is 0.451 e. The van der Waals surface area contributed by atoms with Crippen LogP contribution < -0.4 is 11.1 Å². The molecule has 2 aromatic rings. The number of nitrogens with one attached hydrogen (secondary N) is 1. The number of hydrogen-bond donors (Lipinski definition) is 2. The van der Waals surface area contributed by atoms with Crippen LogP contribution in [0.15, 0.2) is 30.3 Å². The molecule has 112 valence electrons. The first kappa shape index (κ1) is 15.1. The molecular formula is C14H15F3N4. The highest BCUT2D eigenvalue weighted by Gasteiger charge is 2.35. The number of nitrogens with zero attached hydrogens (tertiary/aromatic N) is 2. The molecule has 0 amide bonds. The van der Waals surface area contributed by atoms with Crippen LogP contribution >= 0.6 is 0 Å². The number of aromatic nitrogens is 2. The van der Waals surface area contributed by atoms with Gasteiger partial charge in [-0.3, -0.25) is 0 Å². The van der Waals surface area contributed by atoms with Gasteiger partial charge in [0.05, 0.1) is 0 Å². The van der Waals surface area contributed by atoms with Gasteiger partial charge in [-0.2, -0.15) is 13.2 Å². The number of nitrogens with two attached hydrogens (primary N) is 1. The molecule has 4 nitrogen and oxygen atoms in total. The summed E-state index contributed by atoms with van der Waals surface area (Å²) < 4.78 is 38.1. The molecule has 0 unspecified atom stereocenters. The van der Waals surface area contributed by atoms with Gasteiger partial charge in [0.15, 0.2) is 0 Å². The van der Waals surface area contributed by atoms with E-state index in [0.717, 1.165) is 5.56 Å². The second-order valence-corrected chi connectivity index (χ2v) is 4.87. The van der Waals surface area contributed by atoms with Crippen molar-refractivity contribution in [3.8, 4) is 0 Å². The summed E-state index contributed by atoms with van der Waals surface area (Å²) >= 11 is 0. The average molecular weight is 296 g/mol. The van der Waals surface area contributed by atoms with E-state index in [1.807, 2.05) is 26.0 Å². The zero-order valence-corrected chi connectivity index (χ0v) is 11.6. The van der Waals surface area contributed by atoms with E-state index >= 15 is 0 Å². The third-order valence-electron chi connectivity index (χ3n) is 2.85. The zero-order chi connectivity index (χ0) is 15.6. The van der Waals surface area contributed by atoms with E-state index < -0.39 is 12.0 Å². The van der Waals surface area contributed by atoms with Crippen LogP contribution in [0.3, 0.4) is 0 Å². The van der Waals surface area contributed by atoms with Crippen LogP contribution in [-0.4, -0.2) is 9.97 Å². The smallest absolute Gasteiger partial charge is 0.384 e. The Labute approximate surface area is 120 Å². The van der Waals surface area contributed by atoms with Crippen LogP contribution in [0.5, 0.6) is 0 Å². The van der Waals surface area contributed by atoms with Gasteiger partial charge in [-0.25, -0.2) is 9.97 Å². The maximum absolute atomic E-state index is 12.7. The molecule has 0 spiro atoms. The Kier molecular flexibility index (Phi) is 4.02. The summed E-state index contributed by atoms with van der Waals surface area (Å²) in [6.07, 6.45) is -4.64. The van der Waals surface area contributed by atoms with E-state index in [1.54, 1.807) is 12.1 Å². The maximum Gasteiger partial charge on any atom is 0.451 e.